The Morgan fingerprint density at radius 3 is 2.42 bits per heavy atom. The summed E-state index contributed by atoms with van der Waals surface area (Å²) < 4.78 is 5.51. The lowest BCUT2D eigenvalue weighted by molar-refractivity contribution is -0.121. The first-order chi connectivity index (χ1) is 12.6. The van der Waals surface area contributed by atoms with Gasteiger partial charge in [-0.25, -0.2) is 0 Å². The minimum Gasteiger partial charge on any atom is -0.508 e. The second-order valence-corrected chi connectivity index (χ2v) is 5.42. The van der Waals surface area contributed by atoms with Crippen LogP contribution in [0.1, 0.15) is 22.7 Å². The van der Waals surface area contributed by atoms with Crippen molar-refractivity contribution in [3.8, 4) is 17.2 Å². The topological polar surface area (TPSA) is 117 Å². The highest BCUT2D eigenvalue weighted by molar-refractivity contribution is 5.95. The zero-order valence-electron chi connectivity index (χ0n) is 13.7. The summed E-state index contributed by atoms with van der Waals surface area (Å²) in [6.07, 6.45) is 0.326. The molecule has 0 saturated carbocycles. The zero-order chi connectivity index (χ0) is 18.4. The molecule has 2 amide bonds. The Morgan fingerprint density at radius 1 is 0.962 bits per heavy atom. The van der Waals surface area contributed by atoms with E-state index in [1.807, 2.05) is 30.3 Å². The molecule has 3 aromatic rings. The molecule has 0 fully saturated rings. The third-order valence-corrected chi connectivity index (χ3v) is 3.50. The van der Waals surface area contributed by atoms with Crippen LogP contribution in [0, 0.1) is 0 Å². The van der Waals surface area contributed by atoms with Crippen LogP contribution in [0.5, 0.6) is 5.75 Å². The number of hydrogen-bond acceptors (Lipinski definition) is 6. The summed E-state index contributed by atoms with van der Waals surface area (Å²) in [5, 5.41) is 17.0. The Hall–Kier alpha value is -3.68. The number of amides is 2. The standard InChI is InChI=1S/C18H16N4O4/c23-14-8-6-12(7-9-14)17(25)21-19-15(24)10-11-16-20-22-18(26-16)13-4-2-1-3-5-13/h1-9,23H,10-11H2,(H,19,24)(H,21,25). The third-order valence-electron chi connectivity index (χ3n) is 3.50. The average molecular weight is 352 g/mol. The van der Waals surface area contributed by atoms with Gasteiger partial charge in [-0.15, -0.1) is 10.2 Å². The number of nitrogens with one attached hydrogen (secondary N) is 2. The maximum Gasteiger partial charge on any atom is 0.269 e. The molecule has 3 N–H and O–H groups in total. The van der Waals surface area contributed by atoms with Gasteiger partial charge in [-0.1, -0.05) is 18.2 Å². The molecule has 0 radical (unpaired) electrons. The smallest absolute Gasteiger partial charge is 0.269 e. The van der Waals surface area contributed by atoms with E-state index in [4.69, 9.17) is 4.42 Å². The van der Waals surface area contributed by atoms with Crippen molar-refractivity contribution in [2.75, 3.05) is 0 Å². The molecule has 132 valence electrons. The first-order valence-electron chi connectivity index (χ1n) is 7.88. The molecule has 2 aromatic carbocycles. The summed E-state index contributed by atoms with van der Waals surface area (Å²) in [5.41, 5.74) is 5.73. The lowest BCUT2D eigenvalue weighted by Crippen LogP contribution is -2.41. The van der Waals surface area contributed by atoms with Crippen LogP contribution in [0.4, 0.5) is 0 Å². The van der Waals surface area contributed by atoms with E-state index < -0.39 is 11.8 Å². The predicted octanol–water partition coefficient (Wildman–Crippen LogP) is 1.84. The molecule has 0 saturated heterocycles. The highest BCUT2D eigenvalue weighted by atomic mass is 16.4. The average Bonchev–Trinajstić information content (AvgIpc) is 3.15. The van der Waals surface area contributed by atoms with Crippen molar-refractivity contribution in [3.05, 3.63) is 66.1 Å². The van der Waals surface area contributed by atoms with Crippen LogP contribution in [-0.4, -0.2) is 27.1 Å². The van der Waals surface area contributed by atoms with Crippen molar-refractivity contribution in [2.45, 2.75) is 12.8 Å². The summed E-state index contributed by atoms with van der Waals surface area (Å²) >= 11 is 0. The van der Waals surface area contributed by atoms with Crippen LogP contribution in [0.3, 0.4) is 0 Å². The Morgan fingerprint density at radius 2 is 1.69 bits per heavy atom. The summed E-state index contributed by atoms with van der Waals surface area (Å²) in [6, 6.07) is 15.0. The molecule has 0 spiro atoms. The largest absolute Gasteiger partial charge is 0.508 e. The first kappa shape index (κ1) is 17.2. The quantitative estimate of drug-likeness (QED) is 0.603. The minimum atomic E-state index is -0.484. The van der Waals surface area contributed by atoms with Gasteiger partial charge >= 0.3 is 0 Å². The van der Waals surface area contributed by atoms with Crippen LogP contribution in [0.25, 0.3) is 11.5 Å². The molecule has 8 heteroatoms. The van der Waals surface area contributed by atoms with E-state index in [9.17, 15) is 14.7 Å². The van der Waals surface area contributed by atoms with E-state index in [0.717, 1.165) is 5.56 Å². The normalized spacial score (nSPS) is 10.3. The maximum atomic E-state index is 11.8. The number of nitrogens with zero attached hydrogens (tertiary/aromatic N) is 2. The minimum absolute atomic E-state index is 0.0556. The van der Waals surface area contributed by atoms with Gasteiger partial charge in [0.05, 0.1) is 0 Å². The number of carbonyl (C=O) groups is 2. The maximum absolute atomic E-state index is 11.8. The lowest BCUT2D eigenvalue weighted by atomic mass is 10.2. The molecule has 1 aromatic heterocycles. The number of hydrogen-bond donors (Lipinski definition) is 3. The molecular weight excluding hydrogens is 336 g/mol. The summed E-state index contributed by atoms with van der Waals surface area (Å²) in [5.74, 6) is -0.0930. The molecule has 26 heavy (non-hydrogen) atoms. The predicted molar refractivity (Wildman–Crippen MR) is 91.8 cm³/mol. The molecule has 1 heterocycles. The van der Waals surface area contributed by atoms with E-state index in [1.54, 1.807) is 0 Å². The van der Waals surface area contributed by atoms with E-state index >= 15 is 0 Å². The van der Waals surface area contributed by atoms with Crippen molar-refractivity contribution in [1.82, 2.24) is 21.0 Å². The van der Waals surface area contributed by atoms with Crippen LogP contribution in [-0.2, 0) is 11.2 Å². The van der Waals surface area contributed by atoms with Gasteiger partial charge in [0.1, 0.15) is 5.75 Å². The van der Waals surface area contributed by atoms with Crippen LogP contribution in [0.2, 0.25) is 0 Å². The fourth-order valence-electron chi connectivity index (χ4n) is 2.15. The fourth-order valence-corrected chi connectivity index (χ4v) is 2.15. The second kappa shape index (κ2) is 7.93. The van der Waals surface area contributed by atoms with Crippen molar-refractivity contribution in [2.24, 2.45) is 0 Å². The zero-order valence-corrected chi connectivity index (χ0v) is 13.7. The van der Waals surface area contributed by atoms with Gasteiger partial charge in [0, 0.05) is 24.0 Å². The number of carbonyl (C=O) groups excluding carboxylic acids is 2. The SMILES string of the molecule is O=C(CCc1nnc(-c2ccccc2)o1)NNC(=O)c1ccc(O)cc1. The van der Waals surface area contributed by atoms with Crippen LogP contribution in [0.15, 0.2) is 59.0 Å². The fraction of sp³-hybridized carbons (Fsp3) is 0.111. The molecule has 0 unspecified atom stereocenters. The number of phenols is 1. The second-order valence-electron chi connectivity index (χ2n) is 5.42. The Balaban J connectivity index is 1.46. The van der Waals surface area contributed by atoms with E-state index in [-0.39, 0.29) is 18.6 Å². The number of aryl methyl sites for hydroxylation is 1. The highest BCUT2D eigenvalue weighted by Crippen LogP contribution is 2.17. The Kier molecular flexibility index (Phi) is 5.23. The van der Waals surface area contributed by atoms with Crippen molar-refractivity contribution < 1.29 is 19.1 Å². The van der Waals surface area contributed by atoms with Gasteiger partial charge in [-0.2, -0.15) is 0 Å². The number of benzene rings is 2. The van der Waals surface area contributed by atoms with Gasteiger partial charge in [-0.3, -0.25) is 20.4 Å². The van der Waals surface area contributed by atoms with E-state index in [0.29, 0.717) is 17.3 Å². The van der Waals surface area contributed by atoms with Gasteiger partial charge in [-0.05, 0) is 36.4 Å². The van der Waals surface area contributed by atoms with Gasteiger partial charge in [0.2, 0.25) is 17.7 Å². The van der Waals surface area contributed by atoms with E-state index in [1.165, 1.54) is 24.3 Å². The number of aromatic hydroxyl groups is 1. The lowest BCUT2D eigenvalue weighted by Gasteiger charge is -2.06. The first-order valence-corrected chi connectivity index (χ1v) is 7.88. The van der Waals surface area contributed by atoms with Crippen molar-refractivity contribution >= 4 is 11.8 Å². The molecular formula is C18H16N4O4. The molecule has 0 aliphatic heterocycles. The summed E-state index contributed by atoms with van der Waals surface area (Å²) in [6.45, 7) is 0. The van der Waals surface area contributed by atoms with Gasteiger partial charge < -0.3 is 9.52 Å². The summed E-state index contributed by atoms with van der Waals surface area (Å²) in [7, 11) is 0. The monoisotopic (exact) mass is 352 g/mol. The Labute approximate surface area is 148 Å². The van der Waals surface area contributed by atoms with Crippen LogP contribution < -0.4 is 10.9 Å². The van der Waals surface area contributed by atoms with Crippen molar-refractivity contribution in [3.63, 3.8) is 0 Å². The molecule has 0 aliphatic carbocycles. The molecule has 8 nitrogen and oxygen atoms in total. The number of phenolic OH excluding ortho intramolecular Hbond substituents is 1. The molecule has 0 atom stereocenters. The number of rotatable bonds is 5. The highest BCUT2D eigenvalue weighted by Gasteiger charge is 2.11. The van der Waals surface area contributed by atoms with E-state index in [2.05, 4.69) is 21.0 Å². The molecule has 0 bridgehead atoms. The summed E-state index contributed by atoms with van der Waals surface area (Å²) in [4.78, 5) is 23.7. The van der Waals surface area contributed by atoms with Crippen molar-refractivity contribution in [1.29, 1.82) is 0 Å². The molecule has 0 aliphatic rings. The number of aromatic nitrogens is 2. The van der Waals surface area contributed by atoms with Gasteiger partial charge in [0.25, 0.3) is 5.91 Å². The Bertz CT molecular complexity index is 891. The molecule has 3 rings (SSSR count). The van der Waals surface area contributed by atoms with Gasteiger partial charge in [0.15, 0.2) is 0 Å². The number of hydrazine groups is 1. The van der Waals surface area contributed by atoms with Crippen LogP contribution >= 0.6 is 0 Å². The third kappa shape index (κ3) is 4.44.